The molecular weight excluding hydrogens is 292 g/mol. The third kappa shape index (κ3) is 1.41. The quantitative estimate of drug-likeness (QED) is 0.725. The second-order valence-corrected chi connectivity index (χ2v) is 7.39. The first-order valence-electron chi connectivity index (χ1n) is 7.51. The van der Waals surface area contributed by atoms with Crippen LogP contribution in [0.15, 0.2) is 30.5 Å². The van der Waals surface area contributed by atoms with Gasteiger partial charge in [-0.3, -0.25) is 0 Å². The summed E-state index contributed by atoms with van der Waals surface area (Å²) in [5, 5.41) is 16.3. The number of nitrogens with zero attached hydrogens (tertiary/aromatic N) is 4. The standard InChI is InChI=1S/C17H14N4S/c1-11-6-15(22-20-11)21-14-7-13(3-2-12(14)8-19-21)17(10-18)9-16(17)4-5-16/h2-3,6-8H,4-5,9H2,1H3. The summed E-state index contributed by atoms with van der Waals surface area (Å²) in [6.07, 6.45) is 5.31. The highest BCUT2D eigenvalue weighted by Crippen LogP contribution is 2.78. The minimum Gasteiger partial charge on any atom is -0.221 e. The summed E-state index contributed by atoms with van der Waals surface area (Å²) < 4.78 is 6.28. The maximum Gasteiger partial charge on any atom is 0.138 e. The van der Waals surface area contributed by atoms with Gasteiger partial charge in [0.2, 0.25) is 0 Å². The summed E-state index contributed by atoms with van der Waals surface area (Å²) in [6, 6.07) is 11.0. The van der Waals surface area contributed by atoms with E-state index < -0.39 is 0 Å². The Kier molecular flexibility index (Phi) is 2.12. The Morgan fingerprint density at radius 1 is 1.32 bits per heavy atom. The van der Waals surface area contributed by atoms with Crippen molar-refractivity contribution in [2.24, 2.45) is 5.41 Å². The maximum atomic E-state index is 9.72. The van der Waals surface area contributed by atoms with Crippen molar-refractivity contribution in [2.75, 3.05) is 0 Å². The molecule has 0 radical (unpaired) electrons. The number of aryl methyl sites for hydroxylation is 1. The summed E-state index contributed by atoms with van der Waals surface area (Å²) in [4.78, 5) is 0. The summed E-state index contributed by atoms with van der Waals surface area (Å²) in [5.41, 5.74) is 3.27. The highest BCUT2D eigenvalue weighted by molar-refractivity contribution is 7.08. The Hall–Kier alpha value is -2.19. The van der Waals surface area contributed by atoms with Crippen LogP contribution in [0.1, 0.15) is 30.5 Å². The van der Waals surface area contributed by atoms with Crippen LogP contribution in [0.25, 0.3) is 15.9 Å². The molecule has 4 nitrogen and oxygen atoms in total. The van der Waals surface area contributed by atoms with Gasteiger partial charge < -0.3 is 0 Å². The van der Waals surface area contributed by atoms with Crippen LogP contribution >= 0.6 is 11.5 Å². The van der Waals surface area contributed by atoms with Crippen LogP contribution in [0.4, 0.5) is 0 Å². The lowest BCUT2D eigenvalue weighted by Gasteiger charge is -2.09. The molecule has 1 spiro atoms. The van der Waals surface area contributed by atoms with Crippen LogP contribution < -0.4 is 0 Å². The van der Waals surface area contributed by atoms with E-state index in [2.05, 4.69) is 33.7 Å². The normalized spacial score (nSPS) is 24.5. The van der Waals surface area contributed by atoms with Crippen molar-refractivity contribution in [1.29, 1.82) is 5.26 Å². The zero-order valence-corrected chi connectivity index (χ0v) is 13.0. The van der Waals surface area contributed by atoms with Crippen LogP contribution in [-0.2, 0) is 5.41 Å². The molecule has 2 aliphatic carbocycles. The van der Waals surface area contributed by atoms with E-state index in [1.54, 1.807) is 0 Å². The third-order valence-electron chi connectivity index (χ3n) is 5.32. The summed E-state index contributed by atoms with van der Waals surface area (Å²) in [6.45, 7) is 1.99. The lowest BCUT2D eigenvalue weighted by molar-refractivity contribution is 0.738. The van der Waals surface area contributed by atoms with Crippen molar-refractivity contribution in [2.45, 2.75) is 31.6 Å². The van der Waals surface area contributed by atoms with Gasteiger partial charge in [0.25, 0.3) is 0 Å². The Bertz CT molecular complexity index is 957. The summed E-state index contributed by atoms with van der Waals surface area (Å²) in [7, 11) is 0. The second-order valence-electron chi connectivity index (χ2n) is 6.61. The third-order valence-corrected chi connectivity index (χ3v) is 6.17. The number of hydrogen-bond acceptors (Lipinski definition) is 4. The first-order chi connectivity index (χ1) is 10.7. The van der Waals surface area contributed by atoms with Crippen molar-refractivity contribution in [3.05, 3.63) is 41.7 Å². The minimum atomic E-state index is -0.250. The Morgan fingerprint density at radius 2 is 2.18 bits per heavy atom. The smallest absolute Gasteiger partial charge is 0.138 e. The molecule has 1 unspecified atom stereocenters. The van der Waals surface area contributed by atoms with Gasteiger partial charge in [-0.2, -0.15) is 14.7 Å². The Labute approximate surface area is 132 Å². The summed E-state index contributed by atoms with van der Waals surface area (Å²) in [5.74, 6) is 0. The van der Waals surface area contributed by atoms with Gasteiger partial charge >= 0.3 is 0 Å². The first kappa shape index (κ1) is 12.4. The van der Waals surface area contributed by atoms with E-state index in [9.17, 15) is 5.26 Å². The SMILES string of the molecule is Cc1cc(-n2ncc3ccc(C4(C#N)CC45CC5)cc32)sn1. The van der Waals surface area contributed by atoms with E-state index >= 15 is 0 Å². The van der Waals surface area contributed by atoms with Crippen LogP contribution in [-0.4, -0.2) is 14.2 Å². The number of nitriles is 1. The van der Waals surface area contributed by atoms with E-state index in [-0.39, 0.29) is 5.41 Å². The van der Waals surface area contributed by atoms with E-state index in [1.807, 2.05) is 23.9 Å². The molecule has 2 heterocycles. The Balaban J connectivity index is 1.69. The molecule has 2 saturated carbocycles. The number of rotatable bonds is 2. The maximum absolute atomic E-state index is 9.72. The number of benzene rings is 1. The topological polar surface area (TPSA) is 54.5 Å². The second kappa shape index (κ2) is 3.76. The zero-order valence-electron chi connectivity index (χ0n) is 12.2. The molecule has 22 heavy (non-hydrogen) atoms. The summed E-state index contributed by atoms with van der Waals surface area (Å²) >= 11 is 1.45. The molecule has 0 aliphatic heterocycles. The van der Waals surface area contributed by atoms with Crippen LogP contribution in [0.2, 0.25) is 0 Å². The Morgan fingerprint density at radius 3 is 2.82 bits per heavy atom. The monoisotopic (exact) mass is 306 g/mol. The van der Waals surface area contributed by atoms with E-state index in [0.717, 1.165) is 33.6 Å². The fourth-order valence-corrected chi connectivity index (χ4v) is 4.49. The molecule has 2 aromatic heterocycles. The minimum absolute atomic E-state index is 0.250. The highest BCUT2D eigenvalue weighted by Gasteiger charge is 2.75. The van der Waals surface area contributed by atoms with Gasteiger partial charge in [0, 0.05) is 5.39 Å². The van der Waals surface area contributed by atoms with Crippen molar-refractivity contribution in [1.82, 2.24) is 14.2 Å². The molecule has 5 rings (SSSR count). The molecule has 2 fully saturated rings. The van der Waals surface area contributed by atoms with Crippen molar-refractivity contribution in [3.8, 4) is 11.1 Å². The van der Waals surface area contributed by atoms with Gasteiger partial charge in [-0.25, -0.2) is 4.68 Å². The van der Waals surface area contributed by atoms with E-state index in [1.165, 1.54) is 24.4 Å². The van der Waals surface area contributed by atoms with Gasteiger partial charge in [-0.05, 0) is 60.8 Å². The number of hydrogen-bond donors (Lipinski definition) is 0. The zero-order chi connectivity index (χ0) is 14.9. The average Bonchev–Trinajstić information content (AvgIpc) is 3.32. The lowest BCUT2D eigenvalue weighted by atomic mass is 9.93. The van der Waals surface area contributed by atoms with Gasteiger partial charge in [-0.1, -0.05) is 12.1 Å². The van der Waals surface area contributed by atoms with Crippen LogP contribution in [0, 0.1) is 23.7 Å². The molecule has 0 saturated heterocycles. The van der Waals surface area contributed by atoms with Crippen molar-refractivity contribution >= 4 is 22.4 Å². The lowest BCUT2D eigenvalue weighted by Crippen LogP contribution is -2.07. The first-order valence-corrected chi connectivity index (χ1v) is 8.28. The molecule has 2 aliphatic rings. The highest BCUT2D eigenvalue weighted by atomic mass is 32.1. The molecule has 3 aromatic rings. The average molecular weight is 306 g/mol. The number of fused-ring (bicyclic) bond motifs is 1. The predicted octanol–water partition coefficient (Wildman–Crippen LogP) is 3.74. The van der Waals surface area contributed by atoms with E-state index in [0.29, 0.717) is 5.41 Å². The van der Waals surface area contributed by atoms with E-state index in [4.69, 9.17) is 0 Å². The van der Waals surface area contributed by atoms with Crippen molar-refractivity contribution in [3.63, 3.8) is 0 Å². The van der Waals surface area contributed by atoms with Gasteiger partial charge in [0.05, 0.1) is 28.9 Å². The fraction of sp³-hybridized carbons (Fsp3) is 0.353. The largest absolute Gasteiger partial charge is 0.221 e. The molecule has 0 N–H and O–H groups in total. The molecule has 0 bridgehead atoms. The van der Waals surface area contributed by atoms with Gasteiger partial charge in [0.1, 0.15) is 5.00 Å². The predicted molar refractivity (Wildman–Crippen MR) is 85.1 cm³/mol. The molecular formula is C17H14N4S. The van der Waals surface area contributed by atoms with Crippen molar-refractivity contribution < 1.29 is 0 Å². The fourth-order valence-electron chi connectivity index (χ4n) is 3.76. The van der Waals surface area contributed by atoms with Gasteiger partial charge in [-0.15, -0.1) is 0 Å². The molecule has 1 aromatic carbocycles. The molecule has 1 atom stereocenters. The molecule has 5 heteroatoms. The van der Waals surface area contributed by atoms with Crippen LogP contribution in [0.3, 0.4) is 0 Å². The number of aromatic nitrogens is 3. The van der Waals surface area contributed by atoms with Gasteiger partial charge in [0.15, 0.2) is 0 Å². The molecule has 0 amide bonds. The van der Waals surface area contributed by atoms with Crippen LogP contribution in [0.5, 0.6) is 0 Å². The molecule has 108 valence electrons.